The van der Waals surface area contributed by atoms with Gasteiger partial charge in [-0.25, -0.2) is 4.79 Å². The first-order chi connectivity index (χ1) is 10.2. The molecule has 1 amide bonds. The molecule has 1 aromatic rings. The fraction of sp³-hybridized carbons (Fsp3) is 0.588. The first-order valence-electron chi connectivity index (χ1n) is 7.94. The molecule has 0 saturated heterocycles. The molecule has 1 aliphatic heterocycles. The molecule has 0 bridgehead atoms. The van der Waals surface area contributed by atoms with Crippen molar-refractivity contribution in [2.45, 2.75) is 57.1 Å². The van der Waals surface area contributed by atoms with E-state index in [4.69, 9.17) is 9.47 Å². The Balaban J connectivity index is 1.85. The molecule has 1 fully saturated rings. The van der Waals surface area contributed by atoms with Gasteiger partial charge in [-0.1, -0.05) is 24.6 Å². The highest BCUT2D eigenvalue weighted by atomic mass is 16.5. The van der Waals surface area contributed by atoms with Gasteiger partial charge in [0, 0.05) is 12.0 Å². The molecule has 4 nitrogen and oxygen atoms in total. The van der Waals surface area contributed by atoms with Crippen LogP contribution in [-0.2, 0) is 4.74 Å². The van der Waals surface area contributed by atoms with Crippen LogP contribution in [-0.4, -0.2) is 18.3 Å². The maximum absolute atomic E-state index is 11.8. The fourth-order valence-electron chi connectivity index (χ4n) is 3.56. The van der Waals surface area contributed by atoms with E-state index in [0.29, 0.717) is 6.61 Å². The van der Waals surface area contributed by atoms with Crippen molar-refractivity contribution in [2.24, 2.45) is 0 Å². The number of para-hydroxylation sites is 1. The molecule has 4 heteroatoms. The zero-order valence-electron chi connectivity index (χ0n) is 12.6. The minimum absolute atomic E-state index is 0.0212. The molecule has 1 aliphatic carbocycles. The van der Waals surface area contributed by atoms with Gasteiger partial charge in [-0.3, -0.25) is 0 Å². The summed E-state index contributed by atoms with van der Waals surface area (Å²) in [6, 6.07) is 7.99. The second-order valence-electron chi connectivity index (χ2n) is 6.01. The zero-order chi connectivity index (χ0) is 14.7. The second-order valence-corrected chi connectivity index (χ2v) is 6.01. The number of amides is 1. The van der Waals surface area contributed by atoms with Gasteiger partial charge in [0.1, 0.15) is 11.4 Å². The molecular formula is C17H23NO3. The van der Waals surface area contributed by atoms with Crippen LogP contribution < -0.4 is 10.1 Å². The highest BCUT2D eigenvalue weighted by molar-refractivity contribution is 5.68. The third-order valence-corrected chi connectivity index (χ3v) is 4.53. The number of fused-ring (bicyclic) bond motifs is 1. The van der Waals surface area contributed by atoms with Gasteiger partial charge < -0.3 is 14.8 Å². The van der Waals surface area contributed by atoms with E-state index in [1.807, 2.05) is 31.2 Å². The number of ether oxygens (including phenoxy) is 2. The van der Waals surface area contributed by atoms with Crippen LogP contribution in [0.3, 0.4) is 0 Å². The average Bonchev–Trinajstić information content (AvgIpc) is 2.48. The second kappa shape index (κ2) is 5.96. The van der Waals surface area contributed by atoms with Gasteiger partial charge in [-0.2, -0.15) is 0 Å². The molecule has 1 spiro atoms. The van der Waals surface area contributed by atoms with Gasteiger partial charge in [0.25, 0.3) is 0 Å². The van der Waals surface area contributed by atoms with Crippen LogP contribution in [0.25, 0.3) is 0 Å². The van der Waals surface area contributed by atoms with Crippen LogP contribution in [0, 0.1) is 0 Å². The van der Waals surface area contributed by atoms with E-state index in [1.54, 1.807) is 0 Å². The van der Waals surface area contributed by atoms with Crippen molar-refractivity contribution in [1.82, 2.24) is 5.32 Å². The van der Waals surface area contributed by atoms with Crippen molar-refractivity contribution in [3.05, 3.63) is 29.8 Å². The van der Waals surface area contributed by atoms with E-state index in [1.165, 1.54) is 19.3 Å². The van der Waals surface area contributed by atoms with Crippen molar-refractivity contribution in [2.75, 3.05) is 6.61 Å². The maximum Gasteiger partial charge on any atom is 0.407 e. The summed E-state index contributed by atoms with van der Waals surface area (Å²) in [5.74, 6) is 0.910. The Bertz CT molecular complexity index is 509. The molecular weight excluding hydrogens is 266 g/mol. The Morgan fingerprint density at radius 2 is 2.10 bits per heavy atom. The highest BCUT2D eigenvalue weighted by Crippen LogP contribution is 2.45. The number of hydrogen-bond acceptors (Lipinski definition) is 3. The molecule has 114 valence electrons. The van der Waals surface area contributed by atoms with Gasteiger partial charge >= 0.3 is 6.09 Å². The van der Waals surface area contributed by atoms with Crippen molar-refractivity contribution in [1.29, 1.82) is 0 Å². The van der Waals surface area contributed by atoms with Crippen molar-refractivity contribution in [3.8, 4) is 5.75 Å². The van der Waals surface area contributed by atoms with E-state index in [2.05, 4.69) is 5.32 Å². The van der Waals surface area contributed by atoms with Crippen LogP contribution in [0.2, 0.25) is 0 Å². The van der Waals surface area contributed by atoms with E-state index in [0.717, 1.165) is 30.6 Å². The Morgan fingerprint density at radius 1 is 1.33 bits per heavy atom. The lowest BCUT2D eigenvalue weighted by Gasteiger charge is -2.44. The van der Waals surface area contributed by atoms with Crippen molar-refractivity contribution < 1.29 is 14.3 Å². The Labute approximate surface area is 125 Å². The zero-order valence-corrected chi connectivity index (χ0v) is 12.6. The molecule has 2 aliphatic rings. The first-order valence-corrected chi connectivity index (χ1v) is 7.94. The quantitative estimate of drug-likeness (QED) is 0.896. The lowest BCUT2D eigenvalue weighted by Crippen LogP contribution is -2.46. The summed E-state index contributed by atoms with van der Waals surface area (Å²) in [4.78, 5) is 11.8. The molecule has 1 saturated carbocycles. The molecule has 1 aromatic carbocycles. The number of benzene rings is 1. The third kappa shape index (κ3) is 2.99. The number of rotatable bonds is 2. The van der Waals surface area contributed by atoms with Crippen LogP contribution in [0.4, 0.5) is 4.79 Å². The summed E-state index contributed by atoms with van der Waals surface area (Å²) in [5, 5.41) is 3.01. The van der Waals surface area contributed by atoms with Gasteiger partial charge in [-0.15, -0.1) is 0 Å². The summed E-state index contributed by atoms with van der Waals surface area (Å²) < 4.78 is 11.4. The molecule has 0 aromatic heterocycles. The van der Waals surface area contributed by atoms with Crippen molar-refractivity contribution >= 4 is 6.09 Å². The summed E-state index contributed by atoms with van der Waals surface area (Å²) in [5.41, 5.74) is 0.943. The van der Waals surface area contributed by atoms with E-state index >= 15 is 0 Å². The van der Waals surface area contributed by atoms with Gasteiger partial charge in [0.2, 0.25) is 0 Å². The Kier molecular flexibility index (Phi) is 4.04. The molecule has 0 radical (unpaired) electrons. The number of nitrogens with one attached hydrogen (secondary N) is 1. The van der Waals surface area contributed by atoms with Crippen LogP contribution >= 0.6 is 0 Å². The van der Waals surface area contributed by atoms with E-state index in [9.17, 15) is 4.79 Å². The normalized spacial score (nSPS) is 23.0. The molecule has 1 unspecified atom stereocenters. The largest absolute Gasteiger partial charge is 0.487 e. The lowest BCUT2D eigenvalue weighted by atomic mass is 9.77. The number of carbonyl (C=O) groups is 1. The SMILES string of the molecule is CCOC(=O)NC1CC2(CCCCC2)Oc2ccccc21. The molecule has 1 heterocycles. The molecule has 21 heavy (non-hydrogen) atoms. The van der Waals surface area contributed by atoms with Crippen molar-refractivity contribution in [3.63, 3.8) is 0 Å². The number of carbonyl (C=O) groups excluding carboxylic acids is 1. The molecule has 1 N–H and O–H groups in total. The monoisotopic (exact) mass is 289 g/mol. The standard InChI is InChI=1S/C17H23NO3/c1-2-20-16(19)18-14-12-17(10-6-3-7-11-17)21-15-9-5-4-8-13(14)15/h4-5,8-9,14H,2-3,6-7,10-12H2,1H3,(H,18,19). The van der Waals surface area contributed by atoms with Crippen LogP contribution in [0.5, 0.6) is 5.75 Å². The fourth-order valence-corrected chi connectivity index (χ4v) is 3.56. The minimum Gasteiger partial charge on any atom is -0.487 e. The summed E-state index contributed by atoms with van der Waals surface area (Å²) in [6.07, 6.45) is 6.32. The summed E-state index contributed by atoms with van der Waals surface area (Å²) in [7, 11) is 0. The number of alkyl carbamates (subject to hydrolysis) is 1. The van der Waals surface area contributed by atoms with E-state index in [-0.39, 0.29) is 17.7 Å². The topological polar surface area (TPSA) is 47.6 Å². The summed E-state index contributed by atoms with van der Waals surface area (Å²) in [6.45, 7) is 2.21. The van der Waals surface area contributed by atoms with Gasteiger partial charge in [0.05, 0.1) is 12.6 Å². The van der Waals surface area contributed by atoms with Gasteiger partial charge in [-0.05, 0) is 38.7 Å². The lowest BCUT2D eigenvalue weighted by molar-refractivity contribution is -0.00258. The predicted molar refractivity (Wildman–Crippen MR) is 80.4 cm³/mol. The maximum atomic E-state index is 11.8. The van der Waals surface area contributed by atoms with Crippen LogP contribution in [0.15, 0.2) is 24.3 Å². The average molecular weight is 289 g/mol. The highest BCUT2D eigenvalue weighted by Gasteiger charge is 2.42. The summed E-state index contributed by atoms with van der Waals surface area (Å²) >= 11 is 0. The number of hydrogen-bond donors (Lipinski definition) is 1. The Hall–Kier alpha value is -1.71. The molecule has 3 rings (SSSR count). The van der Waals surface area contributed by atoms with Gasteiger partial charge in [0.15, 0.2) is 0 Å². The predicted octanol–water partition coefficient (Wildman–Crippen LogP) is 3.96. The third-order valence-electron chi connectivity index (χ3n) is 4.53. The Morgan fingerprint density at radius 3 is 2.86 bits per heavy atom. The van der Waals surface area contributed by atoms with E-state index < -0.39 is 0 Å². The first kappa shape index (κ1) is 14.2. The smallest absolute Gasteiger partial charge is 0.407 e. The minimum atomic E-state index is -0.342. The molecule has 1 atom stereocenters. The van der Waals surface area contributed by atoms with Crippen LogP contribution in [0.1, 0.15) is 57.1 Å².